The van der Waals surface area contributed by atoms with Crippen LogP contribution in [0, 0.1) is 0 Å². The van der Waals surface area contributed by atoms with Crippen LogP contribution in [0.3, 0.4) is 0 Å². The smallest absolute Gasteiger partial charge is 0.228 e. The summed E-state index contributed by atoms with van der Waals surface area (Å²) in [6, 6.07) is 12.2. The molecule has 0 unspecified atom stereocenters. The maximum atomic E-state index is 11.4. The van der Waals surface area contributed by atoms with Gasteiger partial charge in [-0.05, 0) is 41.6 Å². The fraction of sp³-hybridized carbons (Fsp3) is 0.188. The second-order valence-corrected chi connectivity index (χ2v) is 6.20. The largest absolute Gasteiger partial charge is 0.380 e. The first-order chi connectivity index (χ1) is 10.2. The zero-order chi connectivity index (χ0) is 14.8. The molecule has 2 aromatic carbocycles. The number of carbonyl (C=O) groups excluding carboxylic acids is 1. The normalized spacial score (nSPS) is 13.0. The second kappa shape index (κ2) is 6.00. The van der Waals surface area contributed by atoms with Gasteiger partial charge in [0.25, 0.3) is 0 Å². The van der Waals surface area contributed by atoms with Gasteiger partial charge in [0, 0.05) is 17.1 Å². The van der Waals surface area contributed by atoms with Crippen LogP contribution in [-0.2, 0) is 17.8 Å². The van der Waals surface area contributed by atoms with Crippen molar-refractivity contribution in [2.45, 2.75) is 17.9 Å². The fourth-order valence-corrected chi connectivity index (χ4v) is 2.96. The molecule has 1 heterocycles. The summed E-state index contributed by atoms with van der Waals surface area (Å²) in [5, 5.41) is 6.75. The van der Waals surface area contributed by atoms with Gasteiger partial charge in [-0.25, -0.2) is 0 Å². The van der Waals surface area contributed by atoms with E-state index in [1.54, 1.807) is 17.8 Å². The summed E-state index contributed by atoms with van der Waals surface area (Å²) in [6.07, 6.45) is 2.48. The van der Waals surface area contributed by atoms with Gasteiger partial charge in [-0.15, -0.1) is 11.8 Å². The number of benzene rings is 2. The molecule has 0 aliphatic carbocycles. The average molecular weight is 319 g/mol. The van der Waals surface area contributed by atoms with Gasteiger partial charge in [-0.3, -0.25) is 4.79 Å². The molecule has 2 N–H and O–H groups in total. The Balaban J connectivity index is 1.73. The number of hydrogen-bond donors (Lipinski definition) is 2. The van der Waals surface area contributed by atoms with Crippen LogP contribution in [0.4, 0.5) is 11.4 Å². The van der Waals surface area contributed by atoms with Gasteiger partial charge < -0.3 is 10.6 Å². The van der Waals surface area contributed by atoms with Crippen molar-refractivity contribution in [2.24, 2.45) is 0 Å². The van der Waals surface area contributed by atoms with E-state index in [4.69, 9.17) is 11.6 Å². The molecule has 0 saturated heterocycles. The number of anilines is 2. The molecular weight excluding hydrogens is 304 g/mol. The molecule has 3 rings (SSSR count). The molecule has 0 radical (unpaired) electrons. The lowest BCUT2D eigenvalue weighted by Gasteiger charge is -2.11. The van der Waals surface area contributed by atoms with E-state index in [9.17, 15) is 4.79 Å². The first kappa shape index (κ1) is 14.3. The molecule has 3 nitrogen and oxygen atoms in total. The molecular formula is C16H15ClN2OS. The Morgan fingerprint density at radius 3 is 2.76 bits per heavy atom. The van der Waals surface area contributed by atoms with Crippen molar-refractivity contribution in [3.8, 4) is 0 Å². The van der Waals surface area contributed by atoms with E-state index >= 15 is 0 Å². The van der Waals surface area contributed by atoms with E-state index in [-0.39, 0.29) is 5.91 Å². The van der Waals surface area contributed by atoms with Gasteiger partial charge in [0.15, 0.2) is 0 Å². The van der Waals surface area contributed by atoms with Crippen molar-refractivity contribution < 1.29 is 4.79 Å². The molecule has 1 amide bonds. The van der Waals surface area contributed by atoms with E-state index in [2.05, 4.69) is 41.2 Å². The Morgan fingerprint density at radius 2 is 2.05 bits per heavy atom. The molecule has 5 heteroatoms. The third kappa shape index (κ3) is 3.17. The van der Waals surface area contributed by atoms with Crippen LogP contribution in [0.2, 0.25) is 5.02 Å². The molecule has 1 aliphatic rings. The van der Waals surface area contributed by atoms with E-state index in [1.807, 2.05) is 6.07 Å². The number of rotatable bonds is 4. The predicted octanol–water partition coefficient (Wildman–Crippen LogP) is 4.17. The molecule has 0 spiro atoms. The van der Waals surface area contributed by atoms with Crippen molar-refractivity contribution >= 4 is 40.6 Å². The second-order valence-electron chi connectivity index (χ2n) is 4.92. The minimum atomic E-state index is 0.0193. The number of amides is 1. The SMILES string of the molecule is CSc1ccc(CNc2cc3c(cc2Cl)NC(=O)C3)cc1. The standard InChI is InChI=1S/C16H15ClN2OS/c1-21-12-4-2-10(3-5-12)9-18-15-6-11-7-16(20)19-14(11)8-13(15)17/h2-6,8,18H,7,9H2,1H3,(H,19,20). The summed E-state index contributed by atoms with van der Waals surface area (Å²) in [5.74, 6) is 0.0193. The van der Waals surface area contributed by atoms with Crippen molar-refractivity contribution in [1.29, 1.82) is 0 Å². The van der Waals surface area contributed by atoms with Crippen LogP contribution in [-0.4, -0.2) is 12.2 Å². The summed E-state index contributed by atoms with van der Waals surface area (Å²) in [5.41, 5.74) is 3.86. The highest BCUT2D eigenvalue weighted by Crippen LogP contribution is 2.33. The molecule has 0 atom stereocenters. The van der Waals surface area contributed by atoms with E-state index < -0.39 is 0 Å². The molecule has 2 aromatic rings. The third-order valence-corrected chi connectivity index (χ3v) is 4.52. The Kier molecular flexibility index (Phi) is 4.08. The van der Waals surface area contributed by atoms with Crippen LogP contribution >= 0.6 is 23.4 Å². The number of fused-ring (bicyclic) bond motifs is 1. The number of halogens is 1. The Bertz CT molecular complexity index is 685. The number of hydrogen-bond acceptors (Lipinski definition) is 3. The first-order valence-corrected chi connectivity index (χ1v) is 8.25. The number of carbonyl (C=O) groups is 1. The lowest BCUT2D eigenvalue weighted by Crippen LogP contribution is -2.03. The molecule has 0 bridgehead atoms. The van der Waals surface area contributed by atoms with Crippen LogP contribution in [0.15, 0.2) is 41.3 Å². The predicted molar refractivity (Wildman–Crippen MR) is 89.3 cm³/mol. The molecule has 0 aromatic heterocycles. The molecule has 1 aliphatic heterocycles. The number of nitrogens with one attached hydrogen (secondary N) is 2. The quantitative estimate of drug-likeness (QED) is 0.831. The highest BCUT2D eigenvalue weighted by Gasteiger charge is 2.19. The zero-order valence-electron chi connectivity index (χ0n) is 11.6. The van der Waals surface area contributed by atoms with Gasteiger partial charge in [-0.2, -0.15) is 0 Å². The van der Waals surface area contributed by atoms with Crippen molar-refractivity contribution in [3.05, 3.63) is 52.5 Å². The summed E-state index contributed by atoms with van der Waals surface area (Å²) in [7, 11) is 0. The highest BCUT2D eigenvalue weighted by molar-refractivity contribution is 7.98. The topological polar surface area (TPSA) is 41.1 Å². The lowest BCUT2D eigenvalue weighted by atomic mass is 10.1. The summed E-state index contributed by atoms with van der Waals surface area (Å²) >= 11 is 7.98. The lowest BCUT2D eigenvalue weighted by molar-refractivity contribution is -0.115. The Labute approximate surface area is 133 Å². The van der Waals surface area contributed by atoms with Gasteiger partial charge in [0.05, 0.1) is 17.1 Å². The first-order valence-electron chi connectivity index (χ1n) is 6.65. The van der Waals surface area contributed by atoms with Crippen molar-refractivity contribution in [3.63, 3.8) is 0 Å². The molecule has 108 valence electrons. The Hall–Kier alpha value is -1.65. The van der Waals surface area contributed by atoms with E-state index in [1.165, 1.54) is 10.5 Å². The molecule has 0 saturated carbocycles. The highest BCUT2D eigenvalue weighted by atomic mass is 35.5. The van der Waals surface area contributed by atoms with Gasteiger partial charge in [0.1, 0.15) is 0 Å². The van der Waals surface area contributed by atoms with Crippen molar-refractivity contribution in [1.82, 2.24) is 0 Å². The minimum Gasteiger partial charge on any atom is -0.380 e. The zero-order valence-corrected chi connectivity index (χ0v) is 13.1. The van der Waals surface area contributed by atoms with Crippen molar-refractivity contribution in [2.75, 3.05) is 16.9 Å². The summed E-state index contributed by atoms with van der Waals surface area (Å²) in [4.78, 5) is 12.6. The maximum Gasteiger partial charge on any atom is 0.228 e. The van der Waals surface area contributed by atoms with Crippen LogP contribution in [0.25, 0.3) is 0 Å². The van der Waals surface area contributed by atoms with E-state index in [0.29, 0.717) is 18.0 Å². The molecule has 21 heavy (non-hydrogen) atoms. The summed E-state index contributed by atoms with van der Waals surface area (Å²) in [6.45, 7) is 0.703. The van der Waals surface area contributed by atoms with Gasteiger partial charge in [0.2, 0.25) is 5.91 Å². The van der Waals surface area contributed by atoms with Crippen LogP contribution in [0.5, 0.6) is 0 Å². The van der Waals surface area contributed by atoms with Crippen LogP contribution in [0.1, 0.15) is 11.1 Å². The summed E-state index contributed by atoms with van der Waals surface area (Å²) < 4.78 is 0. The third-order valence-electron chi connectivity index (χ3n) is 3.46. The van der Waals surface area contributed by atoms with Gasteiger partial charge in [-0.1, -0.05) is 23.7 Å². The minimum absolute atomic E-state index is 0.0193. The van der Waals surface area contributed by atoms with E-state index in [0.717, 1.165) is 16.9 Å². The average Bonchev–Trinajstić information content (AvgIpc) is 2.84. The maximum absolute atomic E-state index is 11.4. The number of thioether (sulfide) groups is 1. The molecule has 0 fully saturated rings. The van der Waals surface area contributed by atoms with Gasteiger partial charge >= 0.3 is 0 Å². The monoisotopic (exact) mass is 318 g/mol. The fourth-order valence-electron chi connectivity index (χ4n) is 2.32. The Morgan fingerprint density at radius 1 is 1.29 bits per heavy atom. The van der Waals surface area contributed by atoms with Crippen LogP contribution < -0.4 is 10.6 Å².